The van der Waals surface area contributed by atoms with E-state index in [1.165, 1.54) is 20.3 Å². The number of amides is 1. The summed E-state index contributed by atoms with van der Waals surface area (Å²) in [5.74, 6) is 0.629. The number of ether oxygens (including phenoxy) is 2. The number of carbonyl (C=O) groups excluding carboxylic acids is 1. The minimum absolute atomic E-state index is 0.0800. The molecule has 2 N–H and O–H groups in total. The number of rotatable bonds is 9. The predicted octanol–water partition coefficient (Wildman–Crippen LogP) is 1.65. The topological polar surface area (TPSA) is 93.7 Å². The van der Waals surface area contributed by atoms with Gasteiger partial charge in [-0.1, -0.05) is 30.3 Å². The Morgan fingerprint density at radius 1 is 1.00 bits per heavy atom. The lowest BCUT2D eigenvalue weighted by atomic mass is 10.1. The van der Waals surface area contributed by atoms with Crippen LogP contribution in [0.4, 0.5) is 0 Å². The number of nitrogens with one attached hydrogen (secondary N) is 2. The second-order valence-electron chi connectivity index (χ2n) is 5.88. The number of aryl methyl sites for hydroxylation is 1. The molecule has 146 valence electrons. The van der Waals surface area contributed by atoms with Crippen molar-refractivity contribution in [1.29, 1.82) is 0 Å². The third-order valence-corrected chi connectivity index (χ3v) is 5.52. The van der Waals surface area contributed by atoms with Crippen LogP contribution in [-0.2, 0) is 21.2 Å². The average Bonchev–Trinajstić information content (AvgIpc) is 2.65. The van der Waals surface area contributed by atoms with Crippen LogP contribution in [0, 0.1) is 6.92 Å². The van der Waals surface area contributed by atoms with Crippen LogP contribution in [0.2, 0.25) is 0 Å². The molecular weight excluding hydrogens is 368 g/mol. The van der Waals surface area contributed by atoms with E-state index in [0.717, 1.165) is 5.56 Å². The summed E-state index contributed by atoms with van der Waals surface area (Å²) in [5, 5.41) is 2.70. The van der Waals surface area contributed by atoms with Gasteiger partial charge < -0.3 is 14.8 Å². The Bertz CT molecular complexity index is 882. The zero-order chi connectivity index (χ0) is 19.9. The van der Waals surface area contributed by atoms with Gasteiger partial charge in [-0.3, -0.25) is 4.79 Å². The van der Waals surface area contributed by atoms with Crippen molar-refractivity contribution in [2.45, 2.75) is 18.2 Å². The highest BCUT2D eigenvalue weighted by molar-refractivity contribution is 7.89. The first kappa shape index (κ1) is 20.7. The molecule has 0 heterocycles. The number of carbonyl (C=O) groups is 1. The second kappa shape index (κ2) is 9.38. The van der Waals surface area contributed by atoms with Gasteiger partial charge in [-0.25, -0.2) is 13.1 Å². The van der Waals surface area contributed by atoms with Crippen LogP contribution in [-0.4, -0.2) is 41.6 Å². The fourth-order valence-electron chi connectivity index (χ4n) is 2.56. The van der Waals surface area contributed by atoms with Crippen LogP contribution in [0.5, 0.6) is 11.5 Å². The maximum absolute atomic E-state index is 12.5. The van der Waals surface area contributed by atoms with Crippen LogP contribution in [0.25, 0.3) is 0 Å². The summed E-state index contributed by atoms with van der Waals surface area (Å²) in [7, 11) is -0.811. The van der Waals surface area contributed by atoms with E-state index < -0.39 is 10.0 Å². The molecule has 0 fully saturated rings. The fraction of sp³-hybridized carbons (Fsp3) is 0.316. The molecule has 0 aliphatic rings. The normalized spacial score (nSPS) is 11.1. The highest BCUT2D eigenvalue weighted by Crippen LogP contribution is 2.32. The molecule has 2 aromatic rings. The van der Waals surface area contributed by atoms with E-state index >= 15 is 0 Å². The van der Waals surface area contributed by atoms with E-state index in [9.17, 15) is 13.2 Å². The van der Waals surface area contributed by atoms with Crippen LogP contribution in [0.3, 0.4) is 0 Å². The molecule has 7 nitrogen and oxygen atoms in total. The van der Waals surface area contributed by atoms with Crippen molar-refractivity contribution in [3.05, 3.63) is 53.6 Å². The lowest BCUT2D eigenvalue weighted by Gasteiger charge is -2.14. The van der Waals surface area contributed by atoms with Gasteiger partial charge in [-0.2, -0.15) is 0 Å². The van der Waals surface area contributed by atoms with Gasteiger partial charge >= 0.3 is 0 Å². The second-order valence-corrected chi connectivity index (χ2v) is 7.62. The van der Waals surface area contributed by atoms with Gasteiger partial charge in [0, 0.05) is 19.2 Å². The summed E-state index contributed by atoms with van der Waals surface area (Å²) >= 11 is 0. The van der Waals surface area contributed by atoms with Gasteiger partial charge in [-0.15, -0.1) is 0 Å². The van der Waals surface area contributed by atoms with E-state index in [4.69, 9.17) is 9.47 Å². The maximum atomic E-state index is 12.5. The van der Waals surface area contributed by atoms with Gasteiger partial charge in [0.1, 0.15) is 0 Å². The van der Waals surface area contributed by atoms with Crippen molar-refractivity contribution >= 4 is 15.9 Å². The number of hydrogen-bond donors (Lipinski definition) is 2. The number of methoxy groups -OCH3 is 2. The molecule has 0 bridgehead atoms. The zero-order valence-electron chi connectivity index (χ0n) is 15.6. The molecule has 8 heteroatoms. The summed E-state index contributed by atoms with van der Waals surface area (Å²) in [6.07, 6.45) is 0.252. The van der Waals surface area contributed by atoms with Crippen LogP contribution >= 0.6 is 0 Å². The molecule has 0 spiro atoms. The Balaban J connectivity index is 1.92. The average molecular weight is 392 g/mol. The van der Waals surface area contributed by atoms with E-state index in [1.807, 2.05) is 30.3 Å². The van der Waals surface area contributed by atoms with Gasteiger partial charge in [0.2, 0.25) is 15.9 Å². The maximum Gasteiger partial charge on any atom is 0.241 e. The highest BCUT2D eigenvalue weighted by Gasteiger charge is 2.20. The number of sulfonamides is 1. The summed E-state index contributed by atoms with van der Waals surface area (Å²) in [6, 6.07) is 12.4. The lowest BCUT2D eigenvalue weighted by molar-refractivity contribution is -0.120. The third kappa shape index (κ3) is 5.70. The van der Waals surface area contributed by atoms with E-state index in [0.29, 0.717) is 17.1 Å². The summed E-state index contributed by atoms with van der Waals surface area (Å²) in [4.78, 5) is 12.0. The van der Waals surface area contributed by atoms with Crippen molar-refractivity contribution in [3.8, 4) is 11.5 Å². The Kier molecular flexibility index (Phi) is 7.20. The van der Waals surface area contributed by atoms with Gasteiger partial charge in [0.25, 0.3) is 0 Å². The Labute approximate surface area is 159 Å². The fourth-order valence-corrected chi connectivity index (χ4v) is 3.83. The quantitative estimate of drug-likeness (QED) is 0.633. The molecule has 0 saturated carbocycles. The predicted molar refractivity (Wildman–Crippen MR) is 103 cm³/mol. The zero-order valence-corrected chi connectivity index (χ0v) is 16.4. The first-order chi connectivity index (χ1) is 12.9. The van der Waals surface area contributed by atoms with Gasteiger partial charge in [-0.05, 0) is 24.1 Å². The lowest BCUT2D eigenvalue weighted by Crippen LogP contribution is -2.35. The largest absolute Gasteiger partial charge is 0.493 e. The SMILES string of the molecule is COc1cc(C)c(S(=O)(=O)NCCNC(=O)Cc2ccccc2)cc1OC. The molecule has 2 aromatic carbocycles. The Morgan fingerprint density at radius 2 is 1.63 bits per heavy atom. The molecule has 0 radical (unpaired) electrons. The van der Waals surface area contributed by atoms with Crippen molar-refractivity contribution in [2.24, 2.45) is 0 Å². The standard InChI is InChI=1S/C19H24N2O5S/c1-14-11-16(25-2)17(26-3)13-18(14)27(23,24)21-10-9-20-19(22)12-15-7-5-4-6-8-15/h4-8,11,13,21H,9-10,12H2,1-3H3,(H,20,22). The molecule has 0 atom stereocenters. The molecule has 0 saturated heterocycles. The van der Waals surface area contributed by atoms with Crippen LogP contribution in [0.15, 0.2) is 47.4 Å². The first-order valence-corrected chi connectivity index (χ1v) is 9.88. The first-order valence-electron chi connectivity index (χ1n) is 8.40. The van der Waals surface area contributed by atoms with E-state index in [-0.39, 0.29) is 30.3 Å². The van der Waals surface area contributed by atoms with Crippen LogP contribution < -0.4 is 19.5 Å². The van der Waals surface area contributed by atoms with Gasteiger partial charge in [0.05, 0.1) is 25.5 Å². The number of hydrogen-bond acceptors (Lipinski definition) is 5. The molecule has 0 unspecified atom stereocenters. The minimum Gasteiger partial charge on any atom is -0.493 e. The molecule has 0 aliphatic carbocycles. The molecule has 1 amide bonds. The molecular formula is C19H24N2O5S. The van der Waals surface area contributed by atoms with Crippen LogP contribution in [0.1, 0.15) is 11.1 Å². The van der Waals surface area contributed by atoms with Crippen molar-refractivity contribution in [1.82, 2.24) is 10.0 Å². The molecule has 27 heavy (non-hydrogen) atoms. The van der Waals surface area contributed by atoms with E-state index in [1.54, 1.807) is 13.0 Å². The summed E-state index contributed by atoms with van der Waals surface area (Å²) < 4.78 is 37.9. The number of benzene rings is 2. The molecule has 0 aliphatic heterocycles. The van der Waals surface area contributed by atoms with E-state index in [2.05, 4.69) is 10.0 Å². The third-order valence-electron chi connectivity index (χ3n) is 3.92. The van der Waals surface area contributed by atoms with Gasteiger partial charge in [0.15, 0.2) is 11.5 Å². The smallest absolute Gasteiger partial charge is 0.241 e. The summed E-state index contributed by atoms with van der Waals surface area (Å²) in [5.41, 5.74) is 1.43. The van der Waals surface area contributed by atoms with Crippen molar-refractivity contribution in [3.63, 3.8) is 0 Å². The minimum atomic E-state index is -3.74. The molecule has 2 rings (SSSR count). The monoisotopic (exact) mass is 392 g/mol. The van der Waals surface area contributed by atoms with Crippen molar-refractivity contribution in [2.75, 3.05) is 27.3 Å². The highest BCUT2D eigenvalue weighted by atomic mass is 32.2. The summed E-state index contributed by atoms with van der Waals surface area (Å²) in [6.45, 7) is 1.95. The Morgan fingerprint density at radius 3 is 2.26 bits per heavy atom. The van der Waals surface area contributed by atoms with Crippen molar-refractivity contribution < 1.29 is 22.7 Å². The molecule has 0 aromatic heterocycles. The Hall–Kier alpha value is -2.58.